The number of rotatable bonds is 3. The first-order chi connectivity index (χ1) is 10.1. The summed E-state index contributed by atoms with van der Waals surface area (Å²) in [6.45, 7) is 3.28. The summed E-state index contributed by atoms with van der Waals surface area (Å²) in [6.07, 6.45) is 5.60. The molecule has 1 aliphatic carbocycles. The summed E-state index contributed by atoms with van der Waals surface area (Å²) in [5.74, 6) is 1.55. The molecule has 0 atom stereocenters. The molecule has 1 aromatic heterocycles. The van der Waals surface area contributed by atoms with Gasteiger partial charge in [-0.25, -0.2) is 9.97 Å². The minimum atomic E-state index is 0. The molecule has 0 unspecified atom stereocenters. The van der Waals surface area contributed by atoms with Crippen LogP contribution < -0.4 is 11.1 Å². The molecule has 1 aliphatic heterocycles. The van der Waals surface area contributed by atoms with Crippen LogP contribution in [-0.2, 0) is 4.79 Å². The van der Waals surface area contributed by atoms with Crippen LogP contribution in [0.15, 0.2) is 12.4 Å². The number of anilines is 1. The van der Waals surface area contributed by atoms with Gasteiger partial charge < -0.3 is 16.0 Å². The third-order valence-corrected chi connectivity index (χ3v) is 4.57. The molecule has 130 valence electrons. The summed E-state index contributed by atoms with van der Waals surface area (Å²) < 4.78 is 0. The highest BCUT2D eigenvalue weighted by Crippen LogP contribution is 2.34. The minimum absolute atomic E-state index is 0. The largest absolute Gasteiger partial charge is 0.367 e. The number of hydrogen-bond acceptors (Lipinski definition) is 5. The Morgan fingerprint density at radius 3 is 2.48 bits per heavy atom. The fraction of sp³-hybridized carbons (Fsp3) is 0.667. The van der Waals surface area contributed by atoms with Crippen molar-refractivity contribution >= 4 is 36.5 Å². The lowest BCUT2D eigenvalue weighted by Crippen LogP contribution is -2.41. The average Bonchev–Trinajstić information content (AvgIpc) is 2.45. The van der Waals surface area contributed by atoms with Crippen molar-refractivity contribution in [3.63, 3.8) is 0 Å². The van der Waals surface area contributed by atoms with Crippen molar-refractivity contribution in [1.29, 1.82) is 0 Å². The molecule has 3 rings (SSSR count). The second-order valence-electron chi connectivity index (χ2n) is 6.18. The third-order valence-electron chi connectivity index (χ3n) is 4.57. The lowest BCUT2D eigenvalue weighted by Gasteiger charge is -2.33. The number of piperidine rings is 1. The Hall–Kier alpha value is -1.11. The molecule has 1 saturated heterocycles. The van der Waals surface area contributed by atoms with Crippen LogP contribution in [0.2, 0.25) is 0 Å². The van der Waals surface area contributed by atoms with Gasteiger partial charge >= 0.3 is 0 Å². The molecule has 1 amide bonds. The van der Waals surface area contributed by atoms with Gasteiger partial charge in [-0.15, -0.1) is 24.8 Å². The number of nitrogens with two attached hydrogens (primary N) is 1. The first-order valence-electron chi connectivity index (χ1n) is 7.71. The van der Waals surface area contributed by atoms with Crippen molar-refractivity contribution in [2.75, 3.05) is 18.4 Å². The van der Waals surface area contributed by atoms with Crippen molar-refractivity contribution in [3.8, 4) is 0 Å². The molecular formula is C15H25Cl2N5O. The van der Waals surface area contributed by atoms with Gasteiger partial charge in [-0.2, -0.15) is 0 Å². The lowest BCUT2D eigenvalue weighted by molar-refractivity contribution is -0.129. The van der Waals surface area contributed by atoms with E-state index in [-0.39, 0.29) is 30.7 Å². The van der Waals surface area contributed by atoms with Gasteiger partial charge in [0.2, 0.25) is 5.91 Å². The van der Waals surface area contributed by atoms with Gasteiger partial charge in [0.05, 0.1) is 0 Å². The van der Waals surface area contributed by atoms with Crippen LogP contribution in [0, 0.1) is 0 Å². The first-order valence-corrected chi connectivity index (χ1v) is 7.71. The maximum absolute atomic E-state index is 11.3. The van der Waals surface area contributed by atoms with E-state index in [0.29, 0.717) is 18.0 Å². The summed E-state index contributed by atoms with van der Waals surface area (Å²) >= 11 is 0. The van der Waals surface area contributed by atoms with Crippen LogP contribution >= 0.6 is 24.8 Å². The van der Waals surface area contributed by atoms with Crippen LogP contribution in [0.3, 0.4) is 0 Å². The molecule has 0 aromatic carbocycles. The van der Waals surface area contributed by atoms with E-state index >= 15 is 0 Å². The van der Waals surface area contributed by atoms with E-state index in [4.69, 9.17) is 5.73 Å². The van der Waals surface area contributed by atoms with Crippen LogP contribution in [-0.4, -0.2) is 45.9 Å². The maximum atomic E-state index is 11.3. The number of nitrogens with one attached hydrogen (secondary N) is 1. The van der Waals surface area contributed by atoms with E-state index in [2.05, 4.69) is 15.3 Å². The third kappa shape index (κ3) is 4.93. The number of halogens is 2. The van der Waals surface area contributed by atoms with Gasteiger partial charge in [-0.1, -0.05) is 0 Å². The van der Waals surface area contributed by atoms with Crippen molar-refractivity contribution in [2.24, 2.45) is 5.73 Å². The highest BCUT2D eigenvalue weighted by atomic mass is 35.5. The molecule has 2 fully saturated rings. The van der Waals surface area contributed by atoms with Crippen molar-refractivity contribution in [1.82, 2.24) is 14.9 Å². The Labute approximate surface area is 149 Å². The normalized spacial score (nSPS) is 24.0. The fourth-order valence-corrected chi connectivity index (χ4v) is 3.13. The zero-order valence-corrected chi connectivity index (χ0v) is 14.9. The predicted octanol–water partition coefficient (Wildman–Crippen LogP) is 1.95. The number of hydrogen-bond donors (Lipinski definition) is 2. The molecule has 23 heavy (non-hydrogen) atoms. The molecule has 2 heterocycles. The summed E-state index contributed by atoms with van der Waals surface area (Å²) in [7, 11) is 0. The molecule has 8 heteroatoms. The highest BCUT2D eigenvalue weighted by molar-refractivity contribution is 5.85. The van der Waals surface area contributed by atoms with Crippen LogP contribution in [0.5, 0.6) is 0 Å². The molecule has 6 nitrogen and oxygen atoms in total. The van der Waals surface area contributed by atoms with E-state index in [0.717, 1.165) is 50.3 Å². The van der Waals surface area contributed by atoms with Gasteiger partial charge in [-0.3, -0.25) is 4.79 Å². The van der Waals surface area contributed by atoms with Gasteiger partial charge in [0.15, 0.2) is 0 Å². The van der Waals surface area contributed by atoms with E-state index in [1.807, 2.05) is 11.0 Å². The second-order valence-corrected chi connectivity index (χ2v) is 6.18. The molecule has 2 aliphatic rings. The van der Waals surface area contributed by atoms with Crippen LogP contribution in [0.4, 0.5) is 5.82 Å². The van der Waals surface area contributed by atoms with Crippen LogP contribution in [0.1, 0.15) is 44.2 Å². The zero-order chi connectivity index (χ0) is 14.8. The summed E-state index contributed by atoms with van der Waals surface area (Å²) in [5.41, 5.74) is 6.93. The molecule has 0 radical (unpaired) electrons. The monoisotopic (exact) mass is 361 g/mol. The Morgan fingerprint density at radius 2 is 1.91 bits per heavy atom. The minimum Gasteiger partial charge on any atom is -0.367 e. The Kier molecular flexibility index (Phi) is 7.51. The van der Waals surface area contributed by atoms with E-state index in [1.54, 1.807) is 13.3 Å². The maximum Gasteiger partial charge on any atom is 0.219 e. The molecule has 1 saturated carbocycles. The molecule has 0 spiro atoms. The number of aromatic nitrogens is 2. The molecule has 3 N–H and O–H groups in total. The fourth-order valence-electron chi connectivity index (χ4n) is 3.13. The molecule has 1 aromatic rings. The van der Waals surface area contributed by atoms with Gasteiger partial charge in [0.1, 0.15) is 12.1 Å². The first kappa shape index (κ1) is 19.9. The van der Waals surface area contributed by atoms with Crippen molar-refractivity contribution in [3.05, 3.63) is 18.1 Å². The average molecular weight is 362 g/mol. The quantitative estimate of drug-likeness (QED) is 0.859. The number of likely N-dealkylation sites (tertiary alicyclic amines) is 1. The topological polar surface area (TPSA) is 84.1 Å². The lowest BCUT2D eigenvalue weighted by atomic mass is 9.78. The van der Waals surface area contributed by atoms with Crippen LogP contribution in [0.25, 0.3) is 0 Å². The second kappa shape index (κ2) is 8.66. The number of amides is 1. The standard InChI is InChI=1S/C15H23N5O.2ClH/c1-10(21)20-4-2-13(3-5-20)19-15-8-14(17-9-18-15)11-6-12(16)7-11;;/h8-9,11-13H,2-7,16H2,1H3,(H,17,18,19);2*1H. The van der Waals surface area contributed by atoms with E-state index in [9.17, 15) is 4.79 Å². The molecular weight excluding hydrogens is 337 g/mol. The Morgan fingerprint density at radius 1 is 1.26 bits per heavy atom. The SMILES string of the molecule is CC(=O)N1CCC(Nc2cc(C3CC(N)C3)ncn2)CC1.Cl.Cl. The van der Waals surface area contributed by atoms with Gasteiger partial charge in [0.25, 0.3) is 0 Å². The van der Waals surface area contributed by atoms with E-state index in [1.165, 1.54) is 0 Å². The van der Waals surface area contributed by atoms with Crippen molar-refractivity contribution in [2.45, 2.75) is 50.6 Å². The van der Waals surface area contributed by atoms with Gasteiger partial charge in [-0.05, 0) is 25.7 Å². The summed E-state index contributed by atoms with van der Waals surface area (Å²) in [6, 6.07) is 2.76. The smallest absolute Gasteiger partial charge is 0.219 e. The number of carbonyl (C=O) groups is 1. The highest BCUT2D eigenvalue weighted by Gasteiger charge is 2.29. The zero-order valence-electron chi connectivity index (χ0n) is 13.3. The van der Waals surface area contributed by atoms with E-state index < -0.39 is 0 Å². The van der Waals surface area contributed by atoms with Crippen molar-refractivity contribution < 1.29 is 4.79 Å². The Bertz CT molecular complexity index is 516. The van der Waals surface area contributed by atoms with Gasteiger partial charge in [0, 0.05) is 49.8 Å². The molecule has 0 bridgehead atoms. The number of nitrogens with zero attached hydrogens (tertiary/aromatic N) is 3. The summed E-state index contributed by atoms with van der Waals surface area (Å²) in [5, 5.41) is 3.47. The summed E-state index contributed by atoms with van der Waals surface area (Å²) in [4.78, 5) is 21.9. The predicted molar refractivity (Wildman–Crippen MR) is 95.4 cm³/mol. The Balaban J connectivity index is 0.00000132. The number of carbonyl (C=O) groups excluding carboxylic acids is 1.